The molecule has 0 aliphatic carbocycles. The van der Waals surface area contributed by atoms with Gasteiger partial charge in [-0.05, 0) is 30.7 Å². The molecule has 0 aromatic heterocycles. The smallest absolute Gasteiger partial charge is 0.288 e. The number of sulfone groups is 1. The summed E-state index contributed by atoms with van der Waals surface area (Å²) in [6.45, 7) is 2.63. The number of hydrogen-bond donors (Lipinski definition) is 0. The highest BCUT2D eigenvalue weighted by atomic mass is 32.2. The number of rotatable bonds is 6. The molecular formula is C16H15NO6S. The van der Waals surface area contributed by atoms with Crippen molar-refractivity contribution in [3.63, 3.8) is 0 Å². The summed E-state index contributed by atoms with van der Waals surface area (Å²) in [6, 6.07) is 9.96. The van der Waals surface area contributed by atoms with Crippen LogP contribution in [0.1, 0.15) is 5.56 Å². The molecule has 3 rings (SSSR count). The molecule has 1 unspecified atom stereocenters. The summed E-state index contributed by atoms with van der Waals surface area (Å²) in [6.07, 6.45) is -0.00276. The number of aryl methyl sites for hydroxylation is 1. The van der Waals surface area contributed by atoms with Crippen LogP contribution in [0.5, 0.6) is 5.75 Å². The lowest BCUT2D eigenvalue weighted by Crippen LogP contribution is -2.08. The minimum atomic E-state index is -4.04. The molecule has 0 amide bonds. The minimum Gasteiger partial charge on any atom is -0.491 e. The van der Waals surface area contributed by atoms with Crippen LogP contribution < -0.4 is 4.74 Å². The van der Waals surface area contributed by atoms with Gasteiger partial charge in [-0.25, -0.2) is 8.42 Å². The van der Waals surface area contributed by atoms with Crippen molar-refractivity contribution in [2.24, 2.45) is 0 Å². The van der Waals surface area contributed by atoms with Gasteiger partial charge in [0.2, 0.25) is 9.84 Å². The molecule has 1 saturated heterocycles. The fourth-order valence-electron chi connectivity index (χ4n) is 2.21. The fraction of sp³-hybridized carbons (Fsp3) is 0.250. The van der Waals surface area contributed by atoms with Crippen LogP contribution in [0.3, 0.4) is 0 Å². The van der Waals surface area contributed by atoms with Crippen LogP contribution in [0.2, 0.25) is 0 Å². The van der Waals surface area contributed by atoms with E-state index in [1.54, 1.807) is 19.1 Å². The molecular weight excluding hydrogens is 334 g/mol. The molecule has 126 valence electrons. The van der Waals surface area contributed by atoms with Crippen molar-refractivity contribution in [1.29, 1.82) is 0 Å². The Kier molecular flexibility index (Phi) is 4.25. The Morgan fingerprint density at radius 2 is 2.04 bits per heavy atom. The van der Waals surface area contributed by atoms with Gasteiger partial charge in [-0.15, -0.1) is 0 Å². The molecule has 1 aliphatic heterocycles. The number of benzene rings is 2. The second kappa shape index (κ2) is 6.21. The van der Waals surface area contributed by atoms with Gasteiger partial charge in [0, 0.05) is 12.1 Å². The maximum atomic E-state index is 12.8. The van der Waals surface area contributed by atoms with Crippen LogP contribution >= 0.6 is 0 Å². The van der Waals surface area contributed by atoms with E-state index in [1.165, 1.54) is 24.3 Å². The largest absolute Gasteiger partial charge is 0.491 e. The average molecular weight is 349 g/mol. The molecule has 24 heavy (non-hydrogen) atoms. The molecule has 0 bridgehead atoms. The second-order valence-electron chi connectivity index (χ2n) is 5.47. The summed E-state index contributed by atoms with van der Waals surface area (Å²) >= 11 is 0. The topological polar surface area (TPSA) is 99.0 Å². The first kappa shape index (κ1) is 16.4. The first-order chi connectivity index (χ1) is 11.4. The number of nitrogens with zero attached hydrogens (tertiary/aromatic N) is 1. The Bertz CT molecular complexity index is 889. The molecule has 0 N–H and O–H groups in total. The molecule has 0 spiro atoms. The normalized spacial score (nSPS) is 16.6. The van der Waals surface area contributed by atoms with E-state index in [9.17, 15) is 18.5 Å². The Hall–Kier alpha value is -2.45. The van der Waals surface area contributed by atoms with E-state index in [-0.39, 0.29) is 28.3 Å². The monoisotopic (exact) mass is 349 g/mol. The SMILES string of the molecule is Cc1cccc(S(=O)(=O)c2cc(OCC3CO3)ccc2[N+](=O)[O-])c1. The van der Waals surface area contributed by atoms with E-state index in [1.807, 2.05) is 0 Å². The number of nitro benzene ring substituents is 1. The van der Waals surface area contributed by atoms with Gasteiger partial charge >= 0.3 is 0 Å². The van der Waals surface area contributed by atoms with Gasteiger partial charge in [0.25, 0.3) is 5.69 Å². The molecule has 7 nitrogen and oxygen atoms in total. The fourth-order valence-corrected chi connectivity index (χ4v) is 3.76. The van der Waals surface area contributed by atoms with Crippen LogP contribution in [-0.4, -0.2) is 32.7 Å². The van der Waals surface area contributed by atoms with Gasteiger partial charge < -0.3 is 9.47 Å². The van der Waals surface area contributed by atoms with Crippen molar-refractivity contribution >= 4 is 15.5 Å². The zero-order valence-corrected chi connectivity index (χ0v) is 13.7. The number of hydrogen-bond acceptors (Lipinski definition) is 6. The predicted molar refractivity (Wildman–Crippen MR) is 85.0 cm³/mol. The Morgan fingerprint density at radius 3 is 2.67 bits per heavy atom. The minimum absolute atomic E-state index is 0.00276. The lowest BCUT2D eigenvalue weighted by atomic mass is 10.2. The molecule has 2 aromatic rings. The van der Waals surface area contributed by atoms with Gasteiger partial charge in [0.1, 0.15) is 18.5 Å². The molecule has 0 radical (unpaired) electrons. The number of ether oxygens (including phenoxy) is 2. The molecule has 2 aromatic carbocycles. The van der Waals surface area contributed by atoms with Crippen molar-refractivity contribution in [3.8, 4) is 5.75 Å². The van der Waals surface area contributed by atoms with Crippen LogP contribution in [-0.2, 0) is 14.6 Å². The van der Waals surface area contributed by atoms with E-state index in [0.29, 0.717) is 6.61 Å². The average Bonchev–Trinajstić information content (AvgIpc) is 3.37. The van der Waals surface area contributed by atoms with Crippen LogP contribution in [0.25, 0.3) is 0 Å². The molecule has 1 fully saturated rings. The predicted octanol–water partition coefficient (Wildman–Crippen LogP) is 2.51. The highest BCUT2D eigenvalue weighted by Crippen LogP contribution is 2.33. The van der Waals surface area contributed by atoms with E-state index in [2.05, 4.69) is 0 Å². The van der Waals surface area contributed by atoms with Gasteiger partial charge in [0.15, 0.2) is 4.90 Å². The summed E-state index contributed by atoms with van der Waals surface area (Å²) < 4.78 is 36.1. The third kappa shape index (κ3) is 3.39. The summed E-state index contributed by atoms with van der Waals surface area (Å²) in [5.74, 6) is 0.252. The third-order valence-electron chi connectivity index (χ3n) is 3.56. The zero-order chi connectivity index (χ0) is 17.3. The lowest BCUT2D eigenvalue weighted by molar-refractivity contribution is -0.387. The molecule has 1 atom stereocenters. The molecule has 0 saturated carbocycles. The van der Waals surface area contributed by atoms with Crippen molar-refractivity contribution in [3.05, 3.63) is 58.1 Å². The number of epoxide rings is 1. The summed E-state index contributed by atoms with van der Waals surface area (Å²) in [7, 11) is -4.04. The van der Waals surface area contributed by atoms with Crippen LogP contribution in [0, 0.1) is 17.0 Å². The first-order valence-corrected chi connectivity index (χ1v) is 8.71. The van der Waals surface area contributed by atoms with Gasteiger partial charge in [-0.3, -0.25) is 10.1 Å². The third-order valence-corrected chi connectivity index (χ3v) is 5.34. The Labute approximate surface area is 138 Å². The van der Waals surface area contributed by atoms with E-state index < -0.39 is 20.4 Å². The second-order valence-corrected chi connectivity index (χ2v) is 7.39. The van der Waals surface area contributed by atoms with E-state index in [4.69, 9.17) is 9.47 Å². The molecule has 1 heterocycles. The quantitative estimate of drug-likeness (QED) is 0.451. The van der Waals surface area contributed by atoms with E-state index in [0.717, 1.165) is 11.6 Å². The van der Waals surface area contributed by atoms with Crippen molar-refractivity contribution in [2.45, 2.75) is 22.8 Å². The Balaban J connectivity index is 2.05. The molecule has 1 aliphatic rings. The van der Waals surface area contributed by atoms with Gasteiger partial charge in [-0.1, -0.05) is 12.1 Å². The highest BCUT2D eigenvalue weighted by molar-refractivity contribution is 7.91. The first-order valence-electron chi connectivity index (χ1n) is 7.22. The molecule has 8 heteroatoms. The van der Waals surface area contributed by atoms with Crippen molar-refractivity contribution in [2.75, 3.05) is 13.2 Å². The van der Waals surface area contributed by atoms with Crippen LogP contribution in [0.15, 0.2) is 52.3 Å². The summed E-state index contributed by atoms with van der Waals surface area (Å²) in [5, 5.41) is 11.2. The highest BCUT2D eigenvalue weighted by Gasteiger charge is 2.29. The van der Waals surface area contributed by atoms with Crippen molar-refractivity contribution < 1.29 is 22.8 Å². The summed E-state index contributed by atoms with van der Waals surface area (Å²) in [5.41, 5.74) is 0.267. The number of nitro groups is 1. The van der Waals surface area contributed by atoms with Crippen molar-refractivity contribution in [1.82, 2.24) is 0 Å². The lowest BCUT2D eigenvalue weighted by Gasteiger charge is -2.09. The summed E-state index contributed by atoms with van der Waals surface area (Å²) in [4.78, 5) is 10.1. The van der Waals surface area contributed by atoms with Gasteiger partial charge in [-0.2, -0.15) is 0 Å². The Morgan fingerprint density at radius 1 is 1.29 bits per heavy atom. The maximum Gasteiger partial charge on any atom is 0.288 e. The zero-order valence-electron chi connectivity index (χ0n) is 12.8. The van der Waals surface area contributed by atoms with Gasteiger partial charge in [0.05, 0.1) is 16.4 Å². The van der Waals surface area contributed by atoms with Crippen LogP contribution in [0.4, 0.5) is 5.69 Å². The maximum absolute atomic E-state index is 12.8. The standard InChI is InChI=1S/C16H15NO6S/c1-11-3-2-4-14(7-11)24(20,21)16-8-12(22-9-13-10-23-13)5-6-15(16)17(18)19/h2-8,13H,9-10H2,1H3. The van der Waals surface area contributed by atoms with E-state index >= 15 is 0 Å².